The molecule has 0 aromatic carbocycles. The molecule has 18 heavy (non-hydrogen) atoms. The average molecular weight is 248 g/mol. The number of rotatable bonds is 2. The molecule has 0 aliphatic carbocycles. The number of carbonyl (C=O) groups is 2. The van der Waals surface area contributed by atoms with Gasteiger partial charge >= 0.3 is 0 Å². The van der Waals surface area contributed by atoms with Gasteiger partial charge in [0.1, 0.15) is 5.69 Å². The highest BCUT2D eigenvalue weighted by atomic mass is 16.2. The predicted octanol–water partition coefficient (Wildman–Crippen LogP) is 2.10. The van der Waals surface area contributed by atoms with E-state index in [1.807, 2.05) is 11.9 Å². The van der Waals surface area contributed by atoms with E-state index in [-0.39, 0.29) is 11.7 Å². The molecule has 2 heterocycles. The van der Waals surface area contributed by atoms with Crippen molar-refractivity contribution in [2.75, 3.05) is 13.1 Å². The molecule has 0 spiro atoms. The number of aryl methyl sites for hydroxylation is 1. The highest BCUT2D eigenvalue weighted by Crippen LogP contribution is 2.19. The van der Waals surface area contributed by atoms with Crippen LogP contribution in [-0.4, -0.2) is 34.2 Å². The lowest BCUT2D eigenvalue weighted by molar-refractivity contribution is 0.0673. The van der Waals surface area contributed by atoms with Crippen LogP contribution in [0.15, 0.2) is 12.3 Å². The van der Waals surface area contributed by atoms with E-state index in [4.69, 9.17) is 0 Å². The van der Waals surface area contributed by atoms with Gasteiger partial charge < -0.3 is 9.47 Å². The molecule has 0 bridgehead atoms. The molecule has 2 rings (SSSR count). The number of aromatic nitrogens is 1. The maximum Gasteiger partial charge on any atom is 0.270 e. The number of nitrogens with zero attached hydrogens (tertiary/aromatic N) is 2. The van der Waals surface area contributed by atoms with Gasteiger partial charge in [-0.15, -0.1) is 0 Å². The molecule has 0 N–H and O–H groups in total. The summed E-state index contributed by atoms with van der Waals surface area (Å²) in [6.07, 6.45) is 3.98. The fourth-order valence-corrected chi connectivity index (χ4v) is 2.51. The maximum absolute atomic E-state index is 12.4. The van der Waals surface area contributed by atoms with Crippen molar-refractivity contribution in [2.24, 2.45) is 13.0 Å². The van der Waals surface area contributed by atoms with E-state index in [1.54, 1.807) is 16.8 Å². The first-order valence-corrected chi connectivity index (χ1v) is 6.45. The Hall–Kier alpha value is -1.58. The summed E-state index contributed by atoms with van der Waals surface area (Å²) in [6, 6.07) is 1.70. The molecule has 4 heteroatoms. The zero-order chi connectivity index (χ0) is 13.3. The lowest BCUT2D eigenvalue weighted by Gasteiger charge is -2.30. The van der Waals surface area contributed by atoms with Gasteiger partial charge in [-0.1, -0.05) is 6.92 Å². The molecule has 1 aliphatic rings. The number of Topliss-reactive ketones (excluding diaryl/α,β-unsaturated/α-hetero) is 1. The summed E-state index contributed by atoms with van der Waals surface area (Å²) in [5, 5.41) is 0. The van der Waals surface area contributed by atoms with Crippen molar-refractivity contribution >= 4 is 11.7 Å². The van der Waals surface area contributed by atoms with Gasteiger partial charge in [-0.2, -0.15) is 0 Å². The number of likely N-dealkylation sites (tertiary alicyclic amines) is 1. The molecule has 0 radical (unpaired) electrons. The van der Waals surface area contributed by atoms with Crippen LogP contribution in [0, 0.1) is 5.92 Å². The number of amides is 1. The molecule has 1 saturated heterocycles. The molecular weight excluding hydrogens is 228 g/mol. The summed E-state index contributed by atoms with van der Waals surface area (Å²) < 4.78 is 1.75. The number of hydrogen-bond acceptors (Lipinski definition) is 2. The smallest absolute Gasteiger partial charge is 0.270 e. The van der Waals surface area contributed by atoms with Crippen molar-refractivity contribution in [3.63, 3.8) is 0 Å². The lowest BCUT2D eigenvalue weighted by atomic mass is 10.00. The van der Waals surface area contributed by atoms with Gasteiger partial charge in [-0.25, -0.2) is 0 Å². The summed E-state index contributed by atoms with van der Waals surface area (Å²) in [5.41, 5.74) is 1.21. The fourth-order valence-electron chi connectivity index (χ4n) is 2.51. The molecule has 1 amide bonds. The topological polar surface area (TPSA) is 42.3 Å². The number of hydrogen-bond donors (Lipinski definition) is 0. The summed E-state index contributed by atoms with van der Waals surface area (Å²) >= 11 is 0. The lowest BCUT2D eigenvalue weighted by Crippen LogP contribution is -2.39. The number of ketones is 1. The highest BCUT2D eigenvalue weighted by Gasteiger charge is 2.24. The molecule has 0 saturated carbocycles. The molecule has 4 nitrogen and oxygen atoms in total. The van der Waals surface area contributed by atoms with Crippen LogP contribution in [-0.2, 0) is 7.05 Å². The highest BCUT2D eigenvalue weighted by molar-refractivity contribution is 5.99. The van der Waals surface area contributed by atoms with Crippen LogP contribution < -0.4 is 0 Å². The molecule has 1 aromatic rings. The summed E-state index contributed by atoms with van der Waals surface area (Å²) in [7, 11) is 1.81. The Bertz CT molecular complexity index is 476. The largest absolute Gasteiger partial charge is 0.346 e. The van der Waals surface area contributed by atoms with E-state index < -0.39 is 0 Å². The second kappa shape index (κ2) is 4.96. The Morgan fingerprint density at radius 1 is 1.39 bits per heavy atom. The average Bonchev–Trinajstić information content (AvgIpc) is 2.70. The van der Waals surface area contributed by atoms with Gasteiger partial charge in [0.2, 0.25) is 0 Å². The van der Waals surface area contributed by atoms with Crippen LogP contribution in [0.1, 0.15) is 47.5 Å². The molecule has 1 fully saturated rings. The van der Waals surface area contributed by atoms with Crippen molar-refractivity contribution in [1.82, 2.24) is 9.47 Å². The van der Waals surface area contributed by atoms with E-state index in [9.17, 15) is 9.59 Å². The minimum Gasteiger partial charge on any atom is -0.346 e. The van der Waals surface area contributed by atoms with Crippen molar-refractivity contribution in [3.8, 4) is 0 Å². The standard InChI is InChI=1S/C14H20N2O2/c1-10-5-4-6-16(8-10)14(18)13-7-12(11(2)17)9-15(13)3/h7,9-10H,4-6,8H2,1-3H3. The van der Waals surface area contributed by atoms with Crippen molar-refractivity contribution in [1.29, 1.82) is 0 Å². The van der Waals surface area contributed by atoms with E-state index in [2.05, 4.69) is 6.92 Å². The van der Waals surface area contributed by atoms with Gasteiger partial charge in [-0.05, 0) is 31.7 Å². The van der Waals surface area contributed by atoms with Gasteiger partial charge in [-0.3, -0.25) is 9.59 Å². The third-order valence-corrected chi connectivity index (χ3v) is 3.57. The molecule has 1 unspecified atom stereocenters. The Kier molecular flexibility index (Phi) is 3.55. The Morgan fingerprint density at radius 2 is 2.11 bits per heavy atom. The molecule has 1 atom stereocenters. The van der Waals surface area contributed by atoms with Crippen LogP contribution in [0.25, 0.3) is 0 Å². The first-order chi connectivity index (χ1) is 8.49. The summed E-state index contributed by atoms with van der Waals surface area (Å²) in [5.74, 6) is 0.600. The predicted molar refractivity (Wildman–Crippen MR) is 69.7 cm³/mol. The summed E-state index contributed by atoms with van der Waals surface area (Å²) in [4.78, 5) is 25.6. The zero-order valence-electron chi connectivity index (χ0n) is 11.3. The molecular formula is C14H20N2O2. The maximum atomic E-state index is 12.4. The minimum absolute atomic E-state index is 0.00309. The monoisotopic (exact) mass is 248 g/mol. The van der Waals surface area contributed by atoms with E-state index >= 15 is 0 Å². The van der Waals surface area contributed by atoms with Gasteiger partial charge in [0.05, 0.1) is 0 Å². The van der Waals surface area contributed by atoms with Crippen LogP contribution in [0.2, 0.25) is 0 Å². The van der Waals surface area contributed by atoms with E-state index in [1.165, 1.54) is 13.3 Å². The van der Waals surface area contributed by atoms with Gasteiger partial charge in [0, 0.05) is 31.9 Å². The quantitative estimate of drug-likeness (QED) is 0.752. The van der Waals surface area contributed by atoms with Crippen LogP contribution in [0.3, 0.4) is 0 Å². The first kappa shape index (κ1) is 12.9. The minimum atomic E-state index is -0.00309. The zero-order valence-corrected chi connectivity index (χ0v) is 11.3. The van der Waals surface area contributed by atoms with E-state index in [0.717, 1.165) is 19.5 Å². The number of piperidine rings is 1. The Balaban J connectivity index is 2.20. The van der Waals surface area contributed by atoms with E-state index in [0.29, 0.717) is 17.2 Å². The van der Waals surface area contributed by atoms with Gasteiger partial charge in [0.15, 0.2) is 5.78 Å². The normalized spacial score (nSPS) is 19.9. The second-order valence-corrected chi connectivity index (χ2v) is 5.28. The first-order valence-electron chi connectivity index (χ1n) is 6.45. The number of carbonyl (C=O) groups excluding carboxylic acids is 2. The molecule has 1 aliphatic heterocycles. The Morgan fingerprint density at radius 3 is 2.67 bits per heavy atom. The Labute approximate surface area is 108 Å². The third-order valence-electron chi connectivity index (χ3n) is 3.57. The molecule has 98 valence electrons. The summed E-state index contributed by atoms with van der Waals surface area (Å²) in [6.45, 7) is 5.33. The van der Waals surface area contributed by atoms with Crippen LogP contribution in [0.4, 0.5) is 0 Å². The fraction of sp³-hybridized carbons (Fsp3) is 0.571. The SMILES string of the molecule is CC(=O)c1cc(C(=O)N2CCCC(C)C2)n(C)c1. The van der Waals surface area contributed by atoms with Crippen LogP contribution in [0.5, 0.6) is 0 Å². The van der Waals surface area contributed by atoms with Crippen molar-refractivity contribution in [3.05, 3.63) is 23.5 Å². The van der Waals surface area contributed by atoms with Crippen molar-refractivity contribution < 1.29 is 9.59 Å². The third kappa shape index (κ3) is 2.47. The van der Waals surface area contributed by atoms with Gasteiger partial charge in [0.25, 0.3) is 5.91 Å². The second-order valence-electron chi connectivity index (χ2n) is 5.28. The van der Waals surface area contributed by atoms with Crippen LogP contribution >= 0.6 is 0 Å². The van der Waals surface area contributed by atoms with Crippen molar-refractivity contribution in [2.45, 2.75) is 26.7 Å². The molecule has 1 aromatic heterocycles.